The molecule has 0 saturated heterocycles. The van der Waals surface area contributed by atoms with Crippen LogP contribution in [0, 0.1) is 11.8 Å². The van der Waals surface area contributed by atoms with Crippen LogP contribution in [0.2, 0.25) is 0 Å². The smallest absolute Gasteiger partial charge is 0.410 e. The highest BCUT2D eigenvalue weighted by molar-refractivity contribution is 5.67. The van der Waals surface area contributed by atoms with E-state index in [-0.39, 0.29) is 6.09 Å². The molecule has 0 fully saturated rings. The summed E-state index contributed by atoms with van der Waals surface area (Å²) in [6.07, 6.45) is 4.89. The fourth-order valence-electron chi connectivity index (χ4n) is 1.00. The minimum atomic E-state index is -0.348. The number of carbonyl (C=O) groups is 1. The standard InChI is InChI=1S/C11H15N3O2/c1-3-16-11(15)13(2)7-4-5-8-14-9-6-12-10-14/h6,9-10H,3,7-8H2,1-2H3. The summed E-state index contributed by atoms with van der Waals surface area (Å²) >= 11 is 0. The molecule has 0 atom stereocenters. The van der Waals surface area contributed by atoms with E-state index < -0.39 is 0 Å². The highest BCUT2D eigenvalue weighted by atomic mass is 16.5. The first-order valence-electron chi connectivity index (χ1n) is 5.03. The first-order chi connectivity index (χ1) is 7.74. The van der Waals surface area contributed by atoms with Crippen LogP contribution in [-0.4, -0.2) is 40.7 Å². The Morgan fingerprint density at radius 3 is 3.00 bits per heavy atom. The molecule has 0 aromatic carbocycles. The van der Waals surface area contributed by atoms with E-state index in [1.54, 1.807) is 26.5 Å². The van der Waals surface area contributed by atoms with E-state index in [0.717, 1.165) is 0 Å². The van der Waals surface area contributed by atoms with E-state index >= 15 is 0 Å². The molecular formula is C11H15N3O2. The summed E-state index contributed by atoms with van der Waals surface area (Å²) in [4.78, 5) is 16.5. The van der Waals surface area contributed by atoms with Gasteiger partial charge in [0, 0.05) is 19.4 Å². The van der Waals surface area contributed by atoms with Gasteiger partial charge in [-0.15, -0.1) is 0 Å². The lowest BCUT2D eigenvalue weighted by Crippen LogP contribution is -2.27. The minimum Gasteiger partial charge on any atom is -0.450 e. The Morgan fingerprint density at radius 1 is 1.56 bits per heavy atom. The number of imidazole rings is 1. The zero-order valence-corrected chi connectivity index (χ0v) is 9.51. The fourth-order valence-corrected chi connectivity index (χ4v) is 1.00. The summed E-state index contributed by atoms with van der Waals surface area (Å²) in [7, 11) is 1.66. The van der Waals surface area contributed by atoms with Crippen LogP contribution in [0.1, 0.15) is 6.92 Å². The maximum absolute atomic E-state index is 11.2. The third kappa shape index (κ3) is 4.05. The molecule has 0 bridgehead atoms. The van der Waals surface area contributed by atoms with Crippen molar-refractivity contribution in [1.82, 2.24) is 14.5 Å². The van der Waals surface area contributed by atoms with Crippen molar-refractivity contribution < 1.29 is 9.53 Å². The van der Waals surface area contributed by atoms with Gasteiger partial charge >= 0.3 is 6.09 Å². The molecule has 0 unspecified atom stereocenters. The number of hydrogen-bond acceptors (Lipinski definition) is 3. The normalized spacial score (nSPS) is 9.12. The first kappa shape index (κ1) is 12.1. The highest BCUT2D eigenvalue weighted by Gasteiger charge is 2.05. The van der Waals surface area contributed by atoms with E-state index in [0.29, 0.717) is 19.7 Å². The predicted molar refractivity (Wildman–Crippen MR) is 59.7 cm³/mol. The van der Waals surface area contributed by atoms with Crippen molar-refractivity contribution in [1.29, 1.82) is 0 Å². The van der Waals surface area contributed by atoms with Crippen molar-refractivity contribution in [2.75, 3.05) is 20.2 Å². The van der Waals surface area contributed by atoms with E-state index in [1.807, 2.05) is 10.8 Å². The van der Waals surface area contributed by atoms with Gasteiger partial charge in [0.1, 0.15) is 0 Å². The molecule has 0 aliphatic heterocycles. The number of carbonyl (C=O) groups excluding carboxylic acids is 1. The predicted octanol–water partition coefficient (Wildman–Crippen LogP) is 0.975. The molecule has 0 aliphatic carbocycles. The zero-order valence-electron chi connectivity index (χ0n) is 9.51. The van der Waals surface area contributed by atoms with Gasteiger partial charge in [-0.25, -0.2) is 9.78 Å². The van der Waals surface area contributed by atoms with Crippen molar-refractivity contribution in [3.05, 3.63) is 18.7 Å². The van der Waals surface area contributed by atoms with Crippen molar-refractivity contribution in [2.24, 2.45) is 0 Å². The molecule has 1 heterocycles. The lowest BCUT2D eigenvalue weighted by Gasteiger charge is -2.12. The van der Waals surface area contributed by atoms with Crippen LogP contribution in [0.15, 0.2) is 18.7 Å². The van der Waals surface area contributed by atoms with Crippen LogP contribution < -0.4 is 0 Å². The van der Waals surface area contributed by atoms with Crippen LogP contribution in [0.25, 0.3) is 0 Å². The van der Waals surface area contributed by atoms with Gasteiger partial charge in [0.2, 0.25) is 0 Å². The largest absolute Gasteiger partial charge is 0.450 e. The van der Waals surface area contributed by atoms with E-state index in [9.17, 15) is 4.79 Å². The fraction of sp³-hybridized carbons (Fsp3) is 0.455. The second-order valence-corrected chi connectivity index (χ2v) is 3.14. The van der Waals surface area contributed by atoms with Gasteiger partial charge in [0.05, 0.1) is 26.0 Å². The second-order valence-electron chi connectivity index (χ2n) is 3.14. The molecule has 5 heteroatoms. The van der Waals surface area contributed by atoms with Crippen LogP contribution in [0.5, 0.6) is 0 Å². The van der Waals surface area contributed by atoms with Gasteiger partial charge in [0.25, 0.3) is 0 Å². The minimum absolute atomic E-state index is 0.348. The molecule has 86 valence electrons. The Morgan fingerprint density at radius 2 is 2.38 bits per heavy atom. The average Bonchev–Trinajstić information content (AvgIpc) is 2.77. The summed E-state index contributed by atoms with van der Waals surface area (Å²) in [6.45, 7) is 3.10. The SMILES string of the molecule is CCOC(=O)N(C)CC#CCn1ccnc1. The van der Waals surface area contributed by atoms with E-state index in [1.165, 1.54) is 4.90 Å². The molecule has 5 nitrogen and oxygen atoms in total. The van der Waals surface area contributed by atoms with Crippen molar-refractivity contribution in [3.8, 4) is 11.8 Å². The van der Waals surface area contributed by atoms with E-state index in [2.05, 4.69) is 16.8 Å². The summed E-state index contributed by atoms with van der Waals surface area (Å²) in [5.41, 5.74) is 0. The molecular weight excluding hydrogens is 206 g/mol. The van der Waals surface area contributed by atoms with Gasteiger partial charge in [-0.3, -0.25) is 0 Å². The lowest BCUT2D eigenvalue weighted by atomic mass is 10.5. The molecule has 1 amide bonds. The van der Waals surface area contributed by atoms with Crippen LogP contribution >= 0.6 is 0 Å². The zero-order chi connectivity index (χ0) is 11.8. The first-order valence-corrected chi connectivity index (χ1v) is 5.03. The van der Waals surface area contributed by atoms with Crippen LogP contribution in [0.3, 0.4) is 0 Å². The van der Waals surface area contributed by atoms with Gasteiger partial charge in [-0.2, -0.15) is 0 Å². The Balaban J connectivity index is 2.28. The van der Waals surface area contributed by atoms with Gasteiger partial charge in [-0.1, -0.05) is 11.8 Å². The number of amides is 1. The van der Waals surface area contributed by atoms with Crippen molar-refractivity contribution >= 4 is 6.09 Å². The molecule has 1 aromatic heterocycles. The van der Waals surface area contributed by atoms with Gasteiger partial charge in [0.15, 0.2) is 0 Å². The molecule has 1 rings (SSSR count). The monoisotopic (exact) mass is 221 g/mol. The van der Waals surface area contributed by atoms with Crippen LogP contribution in [-0.2, 0) is 11.3 Å². The second kappa shape index (κ2) is 6.51. The summed E-state index contributed by atoms with van der Waals surface area (Å²) < 4.78 is 6.67. The maximum Gasteiger partial charge on any atom is 0.410 e. The third-order valence-corrected chi connectivity index (χ3v) is 1.84. The summed E-state index contributed by atoms with van der Waals surface area (Å²) in [5, 5.41) is 0. The Bertz CT molecular complexity index is 376. The quantitative estimate of drug-likeness (QED) is 0.715. The Kier molecular flexibility index (Phi) is 4.93. The summed E-state index contributed by atoms with van der Waals surface area (Å²) in [6, 6.07) is 0. The highest BCUT2D eigenvalue weighted by Crippen LogP contribution is 1.88. The van der Waals surface area contributed by atoms with Gasteiger partial charge < -0.3 is 14.2 Å². The molecule has 0 saturated carbocycles. The number of nitrogens with zero attached hydrogens (tertiary/aromatic N) is 3. The summed E-state index contributed by atoms with van der Waals surface area (Å²) in [5.74, 6) is 5.83. The average molecular weight is 221 g/mol. The number of hydrogen-bond donors (Lipinski definition) is 0. The molecule has 0 N–H and O–H groups in total. The van der Waals surface area contributed by atoms with Crippen molar-refractivity contribution in [2.45, 2.75) is 13.5 Å². The molecule has 0 radical (unpaired) electrons. The van der Waals surface area contributed by atoms with Crippen molar-refractivity contribution in [3.63, 3.8) is 0 Å². The van der Waals surface area contributed by atoms with Crippen LogP contribution in [0.4, 0.5) is 4.79 Å². The molecule has 16 heavy (non-hydrogen) atoms. The molecule has 0 aliphatic rings. The molecule has 0 spiro atoms. The Hall–Kier alpha value is -1.96. The van der Waals surface area contributed by atoms with Gasteiger partial charge in [-0.05, 0) is 6.92 Å². The molecule has 1 aromatic rings. The number of ether oxygens (including phenoxy) is 1. The third-order valence-electron chi connectivity index (χ3n) is 1.84. The number of rotatable bonds is 3. The van der Waals surface area contributed by atoms with E-state index in [4.69, 9.17) is 4.74 Å². The Labute approximate surface area is 95.0 Å². The topological polar surface area (TPSA) is 47.4 Å². The maximum atomic E-state index is 11.2. The lowest BCUT2D eigenvalue weighted by molar-refractivity contribution is 0.120. The number of aromatic nitrogens is 2.